The molecule has 1 saturated heterocycles. The van der Waals surface area contributed by atoms with Gasteiger partial charge < -0.3 is 19.5 Å². The first-order chi connectivity index (χ1) is 15.0. The van der Waals surface area contributed by atoms with Gasteiger partial charge in [-0.05, 0) is 61.7 Å². The fourth-order valence-corrected chi connectivity index (χ4v) is 3.72. The molecular formula is C25H29NO5. The van der Waals surface area contributed by atoms with Gasteiger partial charge in [0, 0.05) is 12.1 Å². The molecule has 1 unspecified atom stereocenters. The van der Waals surface area contributed by atoms with Crippen molar-refractivity contribution in [2.24, 2.45) is 0 Å². The van der Waals surface area contributed by atoms with E-state index in [-0.39, 0.29) is 11.3 Å². The molecule has 1 fully saturated rings. The maximum Gasteiger partial charge on any atom is 0.295 e. The van der Waals surface area contributed by atoms with Crippen molar-refractivity contribution < 1.29 is 24.2 Å². The second-order valence-electron chi connectivity index (χ2n) is 7.37. The normalized spacial score (nSPS) is 17.8. The predicted octanol–water partition coefficient (Wildman–Crippen LogP) is 4.71. The average molecular weight is 424 g/mol. The highest BCUT2D eigenvalue weighted by Gasteiger charge is 2.45. The van der Waals surface area contributed by atoms with Gasteiger partial charge >= 0.3 is 0 Å². The highest BCUT2D eigenvalue weighted by molar-refractivity contribution is 6.46. The molecule has 2 aromatic carbocycles. The second kappa shape index (κ2) is 10.2. The molecule has 0 spiro atoms. The molecule has 1 N–H and O–H groups in total. The third-order valence-corrected chi connectivity index (χ3v) is 5.09. The molecule has 31 heavy (non-hydrogen) atoms. The smallest absolute Gasteiger partial charge is 0.295 e. The van der Waals surface area contributed by atoms with Crippen molar-refractivity contribution in [1.82, 2.24) is 4.90 Å². The first kappa shape index (κ1) is 22.4. The first-order valence-corrected chi connectivity index (χ1v) is 10.8. The summed E-state index contributed by atoms with van der Waals surface area (Å²) in [6, 6.07) is 13.5. The van der Waals surface area contributed by atoms with Gasteiger partial charge in [0.15, 0.2) is 0 Å². The van der Waals surface area contributed by atoms with Crippen LogP contribution in [-0.4, -0.2) is 41.5 Å². The van der Waals surface area contributed by atoms with E-state index in [0.717, 1.165) is 12.0 Å². The molecule has 6 heteroatoms. The van der Waals surface area contributed by atoms with Crippen LogP contribution in [0.5, 0.6) is 11.5 Å². The van der Waals surface area contributed by atoms with Crippen molar-refractivity contribution >= 4 is 17.4 Å². The van der Waals surface area contributed by atoms with Crippen molar-refractivity contribution in [2.75, 3.05) is 19.8 Å². The number of aliphatic hydroxyl groups is 1. The molecule has 6 nitrogen and oxygen atoms in total. The summed E-state index contributed by atoms with van der Waals surface area (Å²) in [5, 5.41) is 11.1. The van der Waals surface area contributed by atoms with Crippen LogP contribution in [0.15, 0.2) is 54.1 Å². The molecule has 2 aromatic rings. The van der Waals surface area contributed by atoms with E-state index in [1.807, 2.05) is 45.0 Å². The summed E-state index contributed by atoms with van der Waals surface area (Å²) < 4.78 is 11.2. The molecular weight excluding hydrogens is 394 g/mol. The highest BCUT2D eigenvalue weighted by Crippen LogP contribution is 2.40. The van der Waals surface area contributed by atoms with Crippen LogP contribution in [0.25, 0.3) is 5.76 Å². The van der Waals surface area contributed by atoms with Gasteiger partial charge in [-0.1, -0.05) is 26.0 Å². The lowest BCUT2D eigenvalue weighted by Gasteiger charge is -2.25. The van der Waals surface area contributed by atoms with E-state index in [1.165, 1.54) is 4.90 Å². The average Bonchev–Trinajstić information content (AvgIpc) is 3.03. The van der Waals surface area contributed by atoms with Crippen molar-refractivity contribution in [1.29, 1.82) is 0 Å². The summed E-state index contributed by atoms with van der Waals surface area (Å²) in [4.78, 5) is 27.3. The molecule has 164 valence electrons. The fourth-order valence-electron chi connectivity index (χ4n) is 3.72. The number of hydrogen-bond acceptors (Lipinski definition) is 5. The fraction of sp³-hybridized carbons (Fsp3) is 0.360. The Morgan fingerprint density at radius 2 is 1.71 bits per heavy atom. The van der Waals surface area contributed by atoms with E-state index < -0.39 is 17.7 Å². The summed E-state index contributed by atoms with van der Waals surface area (Å²) in [6.45, 7) is 7.38. The standard InChI is InChI=1S/C25H29NO5/c1-4-14-26-22(18-8-7-9-20(16-18)30-6-3)21(24(28)25(26)29)23(27)17-10-12-19(13-11-17)31-15-5-2/h7-13,16,22,27H,4-6,14-15H2,1-3H3/b23-21-. The molecule has 0 saturated carbocycles. The zero-order chi connectivity index (χ0) is 22.4. The molecule has 0 bridgehead atoms. The monoisotopic (exact) mass is 423 g/mol. The predicted molar refractivity (Wildman–Crippen MR) is 119 cm³/mol. The number of amides is 1. The molecule has 1 amide bonds. The zero-order valence-corrected chi connectivity index (χ0v) is 18.3. The number of carbonyl (C=O) groups excluding carboxylic acids is 2. The van der Waals surface area contributed by atoms with E-state index in [4.69, 9.17) is 9.47 Å². The Balaban J connectivity index is 2.07. The van der Waals surface area contributed by atoms with Crippen LogP contribution in [0.3, 0.4) is 0 Å². The van der Waals surface area contributed by atoms with Crippen molar-refractivity contribution in [3.63, 3.8) is 0 Å². The number of rotatable bonds is 9. The summed E-state index contributed by atoms with van der Waals surface area (Å²) in [5.41, 5.74) is 1.28. The molecule has 1 aliphatic heterocycles. The Hall–Kier alpha value is -3.28. The van der Waals surface area contributed by atoms with Crippen molar-refractivity contribution in [2.45, 2.75) is 39.7 Å². The van der Waals surface area contributed by atoms with E-state index in [0.29, 0.717) is 43.2 Å². The first-order valence-electron chi connectivity index (χ1n) is 10.8. The SMILES string of the molecule is CCCOc1ccc(/C(O)=C2/C(=O)C(=O)N(CCC)C2c2cccc(OCC)c2)cc1. The number of Topliss-reactive ketones (excluding diaryl/α,β-unsaturated/α-hetero) is 1. The highest BCUT2D eigenvalue weighted by atomic mass is 16.5. The van der Waals surface area contributed by atoms with Crippen LogP contribution in [0, 0.1) is 0 Å². The number of benzene rings is 2. The maximum absolute atomic E-state index is 12.9. The van der Waals surface area contributed by atoms with Gasteiger partial charge in [-0.25, -0.2) is 0 Å². The number of carbonyl (C=O) groups is 2. The van der Waals surface area contributed by atoms with Gasteiger partial charge in [-0.2, -0.15) is 0 Å². The van der Waals surface area contributed by atoms with Crippen LogP contribution >= 0.6 is 0 Å². The van der Waals surface area contributed by atoms with Crippen LogP contribution in [0.4, 0.5) is 0 Å². The van der Waals surface area contributed by atoms with Crippen LogP contribution in [0.1, 0.15) is 50.8 Å². The van der Waals surface area contributed by atoms with Gasteiger partial charge in [0.25, 0.3) is 11.7 Å². The summed E-state index contributed by atoms with van der Waals surface area (Å²) in [7, 11) is 0. The minimum Gasteiger partial charge on any atom is -0.507 e. The zero-order valence-electron chi connectivity index (χ0n) is 18.3. The minimum absolute atomic E-state index is 0.0920. The number of likely N-dealkylation sites (tertiary alicyclic amines) is 1. The molecule has 3 rings (SSSR count). The number of aliphatic hydroxyl groups excluding tert-OH is 1. The Morgan fingerprint density at radius 1 is 0.968 bits per heavy atom. The second-order valence-corrected chi connectivity index (χ2v) is 7.37. The van der Waals surface area contributed by atoms with E-state index >= 15 is 0 Å². The molecule has 1 heterocycles. The van der Waals surface area contributed by atoms with Gasteiger partial charge in [0.1, 0.15) is 17.3 Å². The van der Waals surface area contributed by atoms with Crippen molar-refractivity contribution in [3.8, 4) is 11.5 Å². The van der Waals surface area contributed by atoms with Crippen LogP contribution < -0.4 is 9.47 Å². The van der Waals surface area contributed by atoms with Crippen molar-refractivity contribution in [3.05, 3.63) is 65.2 Å². The number of nitrogens with zero attached hydrogens (tertiary/aromatic N) is 1. The largest absolute Gasteiger partial charge is 0.507 e. The minimum atomic E-state index is -0.677. The quantitative estimate of drug-likeness (QED) is 0.359. The summed E-state index contributed by atoms with van der Waals surface area (Å²) in [6.07, 6.45) is 1.58. The molecule has 0 aliphatic carbocycles. The molecule has 1 atom stereocenters. The lowest BCUT2D eigenvalue weighted by atomic mass is 9.95. The number of hydrogen-bond donors (Lipinski definition) is 1. The third-order valence-electron chi connectivity index (χ3n) is 5.09. The summed E-state index contributed by atoms with van der Waals surface area (Å²) in [5.74, 6) is -0.127. The maximum atomic E-state index is 12.9. The lowest BCUT2D eigenvalue weighted by molar-refractivity contribution is -0.139. The molecule has 1 aliphatic rings. The number of ketones is 1. The van der Waals surface area contributed by atoms with Crippen LogP contribution in [-0.2, 0) is 9.59 Å². The third kappa shape index (κ3) is 4.74. The van der Waals surface area contributed by atoms with Crippen LogP contribution in [0.2, 0.25) is 0 Å². The van der Waals surface area contributed by atoms with Gasteiger partial charge in [-0.3, -0.25) is 9.59 Å². The topological polar surface area (TPSA) is 76.1 Å². The Bertz CT molecular complexity index is 964. The summed E-state index contributed by atoms with van der Waals surface area (Å²) >= 11 is 0. The Labute approximate surface area is 183 Å². The number of ether oxygens (including phenoxy) is 2. The van der Waals surface area contributed by atoms with Gasteiger partial charge in [-0.15, -0.1) is 0 Å². The molecule has 0 aromatic heterocycles. The van der Waals surface area contributed by atoms with E-state index in [2.05, 4.69) is 0 Å². The Kier molecular flexibility index (Phi) is 7.34. The molecule has 0 radical (unpaired) electrons. The Morgan fingerprint density at radius 3 is 2.35 bits per heavy atom. The van der Waals surface area contributed by atoms with Gasteiger partial charge in [0.05, 0.1) is 24.8 Å². The lowest BCUT2D eigenvalue weighted by Crippen LogP contribution is -2.30. The van der Waals surface area contributed by atoms with E-state index in [9.17, 15) is 14.7 Å². The van der Waals surface area contributed by atoms with Gasteiger partial charge in [0.2, 0.25) is 0 Å². The van der Waals surface area contributed by atoms with E-state index in [1.54, 1.807) is 24.3 Å².